The van der Waals surface area contributed by atoms with Crippen molar-refractivity contribution >= 4 is 11.6 Å². The Hall–Kier alpha value is -1.31. The van der Waals surface area contributed by atoms with Crippen LogP contribution in [0.2, 0.25) is 5.02 Å². The molecule has 2 aromatic rings. The van der Waals surface area contributed by atoms with Crippen LogP contribution >= 0.6 is 11.6 Å². The van der Waals surface area contributed by atoms with Crippen LogP contribution in [0, 0.1) is 6.92 Å². The monoisotopic (exact) mass is 273 g/mol. The zero-order valence-corrected chi connectivity index (χ0v) is 12.2. The van der Waals surface area contributed by atoms with Crippen molar-refractivity contribution in [1.82, 2.24) is 5.32 Å². The number of hydrogen-bond donors (Lipinski definition) is 1. The van der Waals surface area contributed by atoms with Gasteiger partial charge >= 0.3 is 0 Å². The normalized spacial score (nSPS) is 12.4. The average molecular weight is 274 g/mol. The zero-order valence-electron chi connectivity index (χ0n) is 11.5. The number of rotatable bonds is 5. The summed E-state index contributed by atoms with van der Waals surface area (Å²) < 4.78 is 0. The molecule has 0 amide bonds. The van der Waals surface area contributed by atoms with Crippen molar-refractivity contribution < 1.29 is 0 Å². The van der Waals surface area contributed by atoms with Crippen molar-refractivity contribution in [3.8, 4) is 0 Å². The van der Waals surface area contributed by atoms with Gasteiger partial charge in [0.05, 0.1) is 0 Å². The fraction of sp³-hybridized carbons (Fsp3) is 0.294. The standard InChI is InChI=1S/C17H20ClN/c1-3-17(14-8-10-16(18)11-9-14)19-12-15-7-5-4-6-13(15)2/h4-11,17,19H,3,12H2,1-2H3. The molecule has 0 heterocycles. The third-order valence-corrected chi connectivity index (χ3v) is 3.73. The summed E-state index contributed by atoms with van der Waals surface area (Å²) in [5.41, 5.74) is 3.98. The van der Waals surface area contributed by atoms with Gasteiger partial charge in [-0.2, -0.15) is 0 Å². The lowest BCUT2D eigenvalue weighted by Crippen LogP contribution is -2.20. The summed E-state index contributed by atoms with van der Waals surface area (Å²) in [6, 6.07) is 17.0. The smallest absolute Gasteiger partial charge is 0.0406 e. The lowest BCUT2D eigenvalue weighted by atomic mass is 10.0. The highest BCUT2D eigenvalue weighted by molar-refractivity contribution is 6.30. The maximum Gasteiger partial charge on any atom is 0.0406 e. The van der Waals surface area contributed by atoms with Crippen LogP contribution in [0.3, 0.4) is 0 Å². The van der Waals surface area contributed by atoms with Gasteiger partial charge in [-0.3, -0.25) is 0 Å². The molecule has 2 heteroatoms. The highest BCUT2D eigenvalue weighted by Gasteiger charge is 2.08. The van der Waals surface area contributed by atoms with Crippen LogP contribution in [0.15, 0.2) is 48.5 Å². The SMILES string of the molecule is CCC(NCc1ccccc1C)c1ccc(Cl)cc1. The maximum atomic E-state index is 5.93. The summed E-state index contributed by atoms with van der Waals surface area (Å²) in [7, 11) is 0. The molecule has 2 aromatic carbocycles. The topological polar surface area (TPSA) is 12.0 Å². The second-order valence-electron chi connectivity index (χ2n) is 4.82. The van der Waals surface area contributed by atoms with Crippen molar-refractivity contribution in [2.45, 2.75) is 32.9 Å². The fourth-order valence-corrected chi connectivity index (χ4v) is 2.36. The van der Waals surface area contributed by atoms with E-state index in [1.54, 1.807) is 0 Å². The molecular weight excluding hydrogens is 254 g/mol. The van der Waals surface area contributed by atoms with E-state index < -0.39 is 0 Å². The van der Waals surface area contributed by atoms with Crippen LogP contribution in [0.4, 0.5) is 0 Å². The Kier molecular flexibility index (Phi) is 5.00. The van der Waals surface area contributed by atoms with E-state index in [9.17, 15) is 0 Å². The Morgan fingerprint density at radius 3 is 2.37 bits per heavy atom. The lowest BCUT2D eigenvalue weighted by Gasteiger charge is -2.18. The van der Waals surface area contributed by atoms with Gasteiger partial charge in [-0.15, -0.1) is 0 Å². The van der Waals surface area contributed by atoms with E-state index in [1.165, 1.54) is 16.7 Å². The molecule has 19 heavy (non-hydrogen) atoms. The van der Waals surface area contributed by atoms with Gasteiger partial charge in [0.15, 0.2) is 0 Å². The molecule has 1 unspecified atom stereocenters. The van der Waals surface area contributed by atoms with Gasteiger partial charge in [0, 0.05) is 17.6 Å². The second-order valence-corrected chi connectivity index (χ2v) is 5.26. The van der Waals surface area contributed by atoms with Gasteiger partial charge in [0.1, 0.15) is 0 Å². The molecule has 0 aliphatic heterocycles. The molecule has 0 bridgehead atoms. The van der Waals surface area contributed by atoms with E-state index >= 15 is 0 Å². The highest BCUT2D eigenvalue weighted by Crippen LogP contribution is 2.20. The average Bonchev–Trinajstić information content (AvgIpc) is 2.43. The molecule has 0 spiro atoms. The molecule has 100 valence electrons. The summed E-state index contributed by atoms with van der Waals surface area (Å²) >= 11 is 5.93. The van der Waals surface area contributed by atoms with E-state index in [-0.39, 0.29) is 0 Å². The molecule has 0 saturated heterocycles. The first-order chi connectivity index (χ1) is 9.20. The third kappa shape index (κ3) is 3.82. The van der Waals surface area contributed by atoms with E-state index in [2.05, 4.69) is 55.6 Å². The minimum atomic E-state index is 0.372. The van der Waals surface area contributed by atoms with Crippen molar-refractivity contribution in [2.24, 2.45) is 0 Å². The molecule has 2 rings (SSSR count). The van der Waals surface area contributed by atoms with Crippen LogP contribution in [-0.4, -0.2) is 0 Å². The molecule has 1 atom stereocenters. The maximum absolute atomic E-state index is 5.93. The Morgan fingerprint density at radius 2 is 1.74 bits per heavy atom. The van der Waals surface area contributed by atoms with Crippen molar-refractivity contribution in [3.63, 3.8) is 0 Å². The molecule has 1 N–H and O–H groups in total. The minimum absolute atomic E-state index is 0.372. The number of halogens is 1. The molecule has 0 aromatic heterocycles. The number of aryl methyl sites for hydroxylation is 1. The fourth-order valence-electron chi connectivity index (χ4n) is 2.23. The van der Waals surface area contributed by atoms with Gasteiger partial charge in [-0.25, -0.2) is 0 Å². The largest absolute Gasteiger partial charge is 0.306 e. The Labute approximate surface area is 120 Å². The summed E-state index contributed by atoms with van der Waals surface area (Å²) in [6.45, 7) is 5.25. The quantitative estimate of drug-likeness (QED) is 0.818. The Balaban J connectivity index is 2.04. The predicted molar refractivity (Wildman–Crippen MR) is 82.5 cm³/mol. The Bertz CT molecular complexity index is 519. The van der Waals surface area contributed by atoms with Gasteiger partial charge in [-0.1, -0.05) is 54.9 Å². The first-order valence-corrected chi connectivity index (χ1v) is 7.12. The predicted octanol–water partition coefficient (Wildman–Crippen LogP) is 4.89. The summed E-state index contributed by atoms with van der Waals surface area (Å²) in [4.78, 5) is 0. The molecule has 0 saturated carbocycles. The summed E-state index contributed by atoms with van der Waals surface area (Å²) in [6.07, 6.45) is 1.06. The van der Waals surface area contributed by atoms with Crippen LogP contribution in [-0.2, 0) is 6.54 Å². The van der Waals surface area contributed by atoms with Crippen molar-refractivity contribution in [1.29, 1.82) is 0 Å². The van der Waals surface area contributed by atoms with Gasteiger partial charge in [0.2, 0.25) is 0 Å². The Morgan fingerprint density at radius 1 is 1.05 bits per heavy atom. The second kappa shape index (κ2) is 6.74. The van der Waals surface area contributed by atoms with Crippen LogP contribution in [0.1, 0.15) is 36.1 Å². The molecule has 0 radical (unpaired) electrons. The first-order valence-electron chi connectivity index (χ1n) is 6.74. The van der Waals surface area contributed by atoms with Crippen molar-refractivity contribution in [2.75, 3.05) is 0 Å². The van der Waals surface area contributed by atoms with Crippen molar-refractivity contribution in [3.05, 3.63) is 70.2 Å². The van der Waals surface area contributed by atoms with Gasteiger partial charge < -0.3 is 5.32 Å². The van der Waals surface area contributed by atoms with Crippen LogP contribution in [0.5, 0.6) is 0 Å². The minimum Gasteiger partial charge on any atom is -0.306 e. The number of benzene rings is 2. The molecule has 0 aliphatic rings. The molecule has 0 fully saturated rings. The zero-order chi connectivity index (χ0) is 13.7. The molecule has 0 aliphatic carbocycles. The highest BCUT2D eigenvalue weighted by atomic mass is 35.5. The number of hydrogen-bond acceptors (Lipinski definition) is 1. The van der Waals surface area contributed by atoms with E-state index in [0.29, 0.717) is 6.04 Å². The lowest BCUT2D eigenvalue weighted by molar-refractivity contribution is 0.518. The van der Waals surface area contributed by atoms with E-state index in [4.69, 9.17) is 11.6 Å². The van der Waals surface area contributed by atoms with Gasteiger partial charge in [0.25, 0.3) is 0 Å². The molecule has 1 nitrogen and oxygen atoms in total. The number of nitrogens with one attached hydrogen (secondary N) is 1. The first kappa shape index (κ1) is 14.1. The van der Waals surface area contributed by atoms with Crippen LogP contribution < -0.4 is 5.32 Å². The summed E-state index contributed by atoms with van der Waals surface area (Å²) in [5, 5.41) is 4.41. The van der Waals surface area contributed by atoms with Crippen LogP contribution in [0.25, 0.3) is 0 Å². The summed E-state index contributed by atoms with van der Waals surface area (Å²) in [5.74, 6) is 0. The van der Waals surface area contributed by atoms with E-state index in [1.807, 2.05) is 12.1 Å². The third-order valence-electron chi connectivity index (χ3n) is 3.48. The van der Waals surface area contributed by atoms with Gasteiger partial charge in [-0.05, 0) is 42.2 Å². The molecular formula is C17H20ClN. The van der Waals surface area contributed by atoms with E-state index in [0.717, 1.165) is 18.0 Å².